The van der Waals surface area contributed by atoms with Gasteiger partial charge in [-0.2, -0.15) is 11.3 Å². The molecule has 0 aliphatic rings. The fraction of sp³-hybridized carbons (Fsp3) is 0.385. The average Bonchev–Trinajstić information content (AvgIpc) is 2.98. The first-order valence-corrected chi connectivity index (χ1v) is 7.69. The van der Waals surface area contributed by atoms with Crippen molar-refractivity contribution in [2.24, 2.45) is 0 Å². The normalized spacial score (nSPS) is 12.2. The zero-order chi connectivity index (χ0) is 13.8. The Kier molecular flexibility index (Phi) is 4.55. The summed E-state index contributed by atoms with van der Waals surface area (Å²) in [4.78, 5) is 16.4. The second-order valence-electron chi connectivity index (χ2n) is 4.31. The molecule has 0 saturated carbocycles. The zero-order valence-corrected chi connectivity index (χ0v) is 12.7. The van der Waals surface area contributed by atoms with Gasteiger partial charge in [-0.25, -0.2) is 9.78 Å². The quantitative estimate of drug-likeness (QED) is 0.860. The van der Waals surface area contributed by atoms with E-state index in [0.717, 1.165) is 11.6 Å². The minimum absolute atomic E-state index is 0.269. The first kappa shape index (κ1) is 14.0. The lowest BCUT2D eigenvalue weighted by Crippen LogP contribution is -2.17. The third-order valence-electron chi connectivity index (χ3n) is 2.66. The summed E-state index contributed by atoms with van der Waals surface area (Å²) >= 11 is 3.04. The Morgan fingerprint density at radius 3 is 3.00 bits per heavy atom. The molecule has 0 bridgehead atoms. The number of aromatic nitrogens is 1. The van der Waals surface area contributed by atoms with Gasteiger partial charge in [-0.3, -0.25) is 0 Å². The Bertz CT molecular complexity index is 549. The highest BCUT2D eigenvalue weighted by Crippen LogP contribution is 2.24. The van der Waals surface area contributed by atoms with Crippen LogP contribution < -0.4 is 5.32 Å². The number of hydrogen-bond acceptors (Lipinski definition) is 6. The predicted molar refractivity (Wildman–Crippen MR) is 79.3 cm³/mol. The molecule has 4 nitrogen and oxygen atoms in total. The molecule has 0 radical (unpaired) electrons. The van der Waals surface area contributed by atoms with E-state index in [0.29, 0.717) is 10.6 Å². The number of rotatable bonds is 5. The van der Waals surface area contributed by atoms with Crippen molar-refractivity contribution < 1.29 is 9.53 Å². The topological polar surface area (TPSA) is 51.2 Å². The minimum atomic E-state index is -0.325. The standard InChI is InChI=1S/C13H16N2O2S2/c1-8(6-10-4-5-18-7-10)14-13-15-9(2)11(19-13)12(16)17-3/h4-5,7-8H,6H2,1-3H3,(H,14,15). The van der Waals surface area contributed by atoms with Gasteiger partial charge in [0.2, 0.25) is 0 Å². The first-order chi connectivity index (χ1) is 9.10. The van der Waals surface area contributed by atoms with Crippen molar-refractivity contribution in [2.75, 3.05) is 12.4 Å². The van der Waals surface area contributed by atoms with Crippen LogP contribution in [0.5, 0.6) is 0 Å². The molecule has 2 aromatic heterocycles. The van der Waals surface area contributed by atoms with Gasteiger partial charge < -0.3 is 10.1 Å². The van der Waals surface area contributed by atoms with Gasteiger partial charge in [-0.1, -0.05) is 11.3 Å². The molecule has 2 heterocycles. The third kappa shape index (κ3) is 3.54. The molecular weight excluding hydrogens is 280 g/mol. The van der Waals surface area contributed by atoms with Crippen LogP contribution >= 0.6 is 22.7 Å². The van der Waals surface area contributed by atoms with Gasteiger partial charge in [0.15, 0.2) is 5.13 Å². The molecule has 0 saturated heterocycles. The van der Waals surface area contributed by atoms with Crippen LogP contribution in [0.25, 0.3) is 0 Å². The number of nitrogens with one attached hydrogen (secondary N) is 1. The minimum Gasteiger partial charge on any atom is -0.465 e. The lowest BCUT2D eigenvalue weighted by molar-refractivity contribution is 0.0605. The molecule has 0 aliphatic carbocycles. The van der Waals surface area contributed by atoms with Gasteiger partial charge in [-0.05, 0) is 42.7 Å². The number of carbonyl (C=O) groups excluding carboxylic acids is 1. The van der Waals surface area contributed by atoms with Crippen molar-refractivity contribution in [3.63, 3.8) is 0 Å². The third-order valence-corrected chi connectivity index (χ3v) is 4.46. The summed E-state index contributed by atoms with van der Waals surface area (Å²) in [6, 6.07) is 2.39. The van der Waals surface area contributed by atoms with Crippen molar-refractivity contribution in [3.05, 3.63) is 33.0 Å². The number of nitrogens with zero attached hydrogens (tertiary/aromatic N) is 1. The number of anilines is 1. The Morgan fingerprint density at radius 2 is 2.37 bits per heavy atom. The van der Waals surface area contributed by atoms with Gasteiger partial charge in [0, 0.05) is 6.04 Å². The summed E-state index contributed by atoms with van der Waals surface area (Å²) in [7, 11) is 1.38. The summed E-state index contributed by atoms with van der Waals surface area (Å²) < 4.78 is 4.73. The number of hydrogen-bond donors (Lipinski definition) is 1. The molecule has 2 aromatic rings. The molecule has 1 unspecified atom stereocenters. The smallest absolute Gasteiger partial charge is 0.350 e. The van der Waals surface area contributed by atoms with E-state index in [1.165, 1.54) is 24.0 Å². The Hall–Kier alpha value is -1.40. The zero-order valence-electron chi connectivity index (χ0n) is 11.1. The molecule has 0 aromatic carbocycles. The van der Waals surface area contributed by atoms with Crippen LogP contribution in [-0.2, 0) is 11.2 Å². The molecule has 0 aliphatic heterocycles. The van der Waals surface area contributed by atoms with Crippen LogP contribution in [0, 0.1) is 6.92 Å². The number of esters is 1. The second-order valence-corrected chi connectivity index (χ2v) is 6.09. The van der Waals surface area contributed by atoms with E-state index in [2.05, 4.69) is 34.1 Å². The number of thiophene rings is 1. The molecule has 6 heteroatoms. The fourth-order valence-electron chi connectivity index (χ4n) is 1.76. The van der Waals surface area contributed by atoms with E-state index < -0.39 is 0 Å². The highest BCUT2D eigenvalue weighted by molar-refractivity contribution is 7.17. The van der Waals surface area contributed by atoms with Crippen LogP contribution in [0.15, 0.2) is 16.8 Å². The van der Waals surface area contributed by atoms with E-state index in [-0.39, 0.29) is 12.0 Å². The number of thiazole rings is 1. The SMILES string of the molecule is COC(=O)c1sc(NC(C)Cc2ccsc2)nc1C. The van der Waals surface area contributed by atoms with Crippen molar-refractivity contribution in [2.45, 2.75) is 26.3 Å². The van der Waals surface area contributed by atoms with Crippen molar-refractivity contribution >= 4 is 33.8 Å². The number of aryl methyl sites for hydroxylation is 1. The van der Waals surface area contributed by atoms with Crippen molar-refractivity contribution in [3.8, 4) is 0 Å². The summed E-state index contributed by atoms with van der Waals surface area (Å²) in [5.74, 6) is -0.325. The largest absolute Gasteiger partial charge is 0.465 e. The second kappa shape index (κ2) is 6.16. The molecule has 0 amide bonds. The predicted octanol–water partition coefficient (Wildman–Crippen LogP) is 3.34. The van der Waals surface area contributed by atoms with E-state index in [1.807, 2.05) is 6.92 Å². The van der Waals surface area contributed by atoms with Crippen LogP contribution in [-0.4, -0.2) is 24.1 Å². The lowest BCUT2D eigenvalue weighted by atomic mass is 10.1. The Labute approximate surface area is 120 Å². The van der Waals surface area contributed by atoms with Crippen LogP contribution in [0.4, 0.5) is 5.13 Å². The summed E-state index contributed by atoms with van der Waals surface area (Å²) in [5, 5.41) is 8.31. The van der Waals surface area contributed by atoms with Crippen LogP contribution in [0.3, 0.4) is 0 Å². The molecular formula is C13H16N2O2S2. The van der Waals surface area contributed by atoms with Gasteiger partial charge in [0.25, 0.3) is 0 Å². The molecule has 0 fully saturated rings. The highest BCUT2D eigenvalue weighted by Gasteiger charge is 2.16. The monoisotopic (exact) mass is 296 g/mol. The van der Waals surface area contributed by atoms with Crippen LogP contribution in [0.2, 0.25) is 0 Å². The van der Waals surface area contributed by atoms with E-state index in [9.17, 15) is 4.79 Å². The fourth-order valence-corrected chi connectivity index (χ4v) is 3.44. The summed E-state index contributed by atoms with van der Waals surface area (Å²) in [6.07, 6.45) is 0.940. The van der Waals surface area contributed by atoms with Gasteiger partial charge in [-0.15, -0.1) is 0 Å². The molecule has 2 rings (SSSR count). The van der Waals surface area contributed by atoms with Crippen molar-refractivity contribution in [1.82, 2.24) is 4.98 Å². The van der Waals surface area contributed by atoms with E-state index in [1.54, 1.807) is 11.3 Å². The van der Waals surface area contributed by atoms with Crippen LogP contribution in [0.1, 0.15) is 27.9 Å². The van der Waals surface area contributed by atoms with E-state index >= 15 is 0 Å². The molecule has 19 heavy (non-hydrogen) atoms. The average molecular weight is 296 g/mol. The number of methoxy groups -OCH3 is 1. The lowest BCUT2D eigenvalue weighted by Gasteiger charge is -2.11. The van der Waals surface area contributed by atoms with Gasteiger partial charge >= 0.3 is 5.97 Å². The van der Waals surface area contributed by atoms with Gasteiger partial charge in [0.1, 0.15) is 4.88 Å². The summed E-state index contributed by atoms with van der Waals surface area (Å²) in [5.41, 5.74) is 2.02. The molecule has 0 spiro atoms. The molecule has 1 atom stereocenters. The first-order valence-electron chi connectivity index (χ1n) is 5.93. The maximum atomic E-state index is 11.5. The Morgan fingerprint density at radius 1 is 1.58 bits per heavy atom. The highest BCUT2D eigenvalue weighted by atomic mass is 32.1. The number of carbonyl (C=O) groups is 1. The molecule has 102 valence electrons. The maximum absolute atomic E-state index is 11.5. The van der Waals surface area contributed by atoms with E-state index in [4.69, 9.17) is 4.74 Å². The summed E-state index contributed by atoms with van der Waals surface area (Å²) in [6.45, 7) is 3.92. The number of ether oxygens (including phenoxy) is 1. The van der Waals surface area contributed by atoms with Crippen molar-refractivity contribution in [1.29, 1.82) is 0 Å². The maximum Gasteiger partial charge on any atom is 0.350 e. The van der Waals surface area contributed by atoms with Gasteiger partial charge in [0.05, 0.1) is 12.8 Å². The Balaban J connectivity index is 2.01. The molecule has 1 N–H and O–H groups in total.